The topological polar surface area (TPSA) is 84.8 Å². The van der Waals surface area contributed by atoms with Gasteiger partial charge < -0.3 is 14.6 Å². The van der Waals surface area contributed by atoms with E-state index in [1.807, 2.05) is 24.3 Å². The Bertz CT molecular complexity index is 1100. The zero-order valence-corrected chi connectivity index (χ0v) is 15.1. The van der Waals surface area contributed by atoms with Crippen LogP contribution in [-0.2, 0) is 6.54 Å². The van der Waals surface area contributed by atoms with Crippen molar-refractivity contribution < 1.29 is 9.53 Å². The molecule has 1 aromatic carbocycles. The van der Waals surface area contributed by atoms with Gasteiger partial charge in [0.25, 0.3) is 5.91 Å². The van der Waals surface area contributed by atoms with Crippen molar-refractivity contribution in [3.63, 3.8) is 0 Å². The third kappa shape index (κ3) is 3.15. The van der Waals surface area contributed by atoms with E-state index in [0.717, 1.165) is 34.6 Å². The van der Waals surface area contributed by atoms with Gasteiger partial charge in [0.2, 0.25) is 0 Å². The Morgan fingerprint density at radius 3 is 2.74 bits per heavy atom. The summed E-state index contributed by atoms with van der Waals surface area (Å²) >= 11 is 0. The number of carbonyl (C=O) groups is 1. The largest absolute Gasteiger partial charge is 0.497 e. The Morgan fingerprint density at radius 1 is 1.19 bits per heavy atom. The van der Waals surface area contributed by atoms with Crippen LogP contribution in [0.2, 0.25) is 0 Å². The van der Waals surface area contributed by atoms with Crippen LogP contribution in [0.15, 0.2) is 54.9 Å². The van der Waals surface area contributed by atoms with Crippen molar-refractivity contribution >= 4 is 22.6 Å². The fourth-order valence-electron chi connectivity index (χ4n) is 3.13. The number of aromatic nitrogens is 4. The van der Waals surface area contributed by atoms with Crippen LogP contribution < -0.4 is 10.1 Å². The summed E-state index contributed by atoms with van der Waals surface area (Å²) in [5.41, 5.74) is 3.45. The molecule has 0 atom stereocenters. The Kier molecular flexibility index (Phi) is 4.33. The predicted molar refractivity (Wildman–Crippen MR) is 104 cm³/mol. The van der Waals surface area contributed by atoms with Gasteiger partial charge in [0.05, 0.1) is 24.0 Å². The van der Waals surface area contributed by atoms with Crippen LogP contribution in [0.1, 0.15) is 17.3 Å². The van der Waals surface area contributed by atoms with Gasteiger partial charge in [0, 0.05) is 42.0 Å². The number of benzene rings is 1. The van der Waals surface area contributed by atoms with E-state index >= 15 is 0 Å². The molecule has 0 aliphatic carbocycles. The van der Waals surface area contributed by atoms with Crippen molar-refractivity contribution in [2.45, 2.75) is 13.5 Å². The molecule has 0 aliphatic heterocycles. The van der Waals surface area contributed by atoms with E-state index in [1.54, 1.807) is 31.6 Å². The number of pyridine rings is 1. The van der Waals surface area contributed by atoms with Gasteiger partial charge in [-0.05, 0) is 37.3 Å². The molecular formula is C20H19N5O2. The number of methoxy groups -OCH3 is 1. The maximum Gasteiger partial charge on any atom is 0.256 e. The lowest BCUT2D eigenvalue weighted by Crippen LogP contribution is -2.11. The molecule has 0 unspecified atom stereocenters. The summed E-state index contributed by atoms with van der Waals surface area (Å²) in [5.74, 6) is 1.06. The lowest BCUT2D eigenvalue weighted by atomic mass is 10.2. The molecule has 3 aromatic heterocycles. The van der Waals surface area contributed by atoms with E-state index in [1.165, 1.54) is 0 Å². The molecule has 4 aromatic rings. The second kappa shape index (κ2) is 6.95. The zero-order valence-electron chi connectivity index (χ0n) is 15.1. The summed E-state index contributed by atoms with van der Waals surface area (Å²) in [6, 6.07) is 13.2. The number of carbonyl (C=O) groups excluding carboxylic acids is 1. The number of aromatic amines is 1. The molecule has 7 heteroatoms. The summed E-state index contributed by atoms with van der Waals surface area (Å²) in [6.07, 6.45) is 3.16. The van der Waals surface area contributed by atoms with Gasteiger partial charge in [-0.3, -0.25) is 14.9 Å². The maximum atomic E-state index is 12.3. The number of ether oxygens (including phenoxy) is 1. The van der Waals surface area contributed by atoms with Crippen LogP contribution in [-0.4, -0.2) is 32.8 Å². The van der Waals surface area contributed by atoms with Crippen molar-refractivity contribution in [2.75, 3.05) is 12.4 Å². The molecule has 7 nitrogen and oxygen atoms in total. The van der Waals surface area contributed by atoms with Crippen LogP contribution in [0.5, 0.6) is 5.75 Å². The number of fused-ring (bicyclic) bond motifs is 1. The van der Waals surface area contributed by atoms with Gasteiger partial charge in [0.1, 0.15) is 5.75 Å². The second-order valence-electron chi connectivity index (χ2n) is 6.06. The minimum absolute atomic E-state index is 0.226. The summed E-state index contributed by atoms with van der Waals surface area (Å²) in [7, 11) is 1.66. The molecule has 3 heterocycles. The Morgan fingerprint density at radius 2 is 2.00 bits per heavy atom. The number of nitrogens with zero attached hydrogens (tertiary/aromatic N) is 3. The highest BCUT2D eigenvalue weighted by Crippen LogP contribution is 2.30. The highest BCUT2D eigenvalue weighted by Gasteiger charge is 2.14. The van der Waals surface area contributed by atoms with Gasteiger partial charge in [0.15, 0.2) is 5.82 Å². The maximum absolute atomic E-state index is 12.3. The molecule has 0 radical (unpaired) electrons. The lowest BCUT2D eigenvalue weighted by molar-refractivity contribution is 0.102. The number of nitrogens with one attached hydrogen (secondary N) is 2. The van der Waals surface area contributed by atoms with Crippen molar-refractivity contribution in [3.8, 4) is 17.1 Å². The standard InChI is InChI=1S/C20H19N5O2/c1-3-25-17-11-15(27-2)5-4-14(17)10-18(25)16-12-19(24-23-16)22-20(26)13-6-8-21-9-7-13/h4-12H,3H2,1-2H3,(H2,22,23,24,26). The molecule has 0 spiro atoms. The molecule has 4 rings (SSSR count). The van der Waals surface area contributed by atoms with E-state index < -0.39 is 0 Å². The van der Waals surface area contributed by atoms with Crippen LogP contribution >= 0.6 is 0 Å². The quantitative estimate of drug-likeness (QED) is 0.567. The van der Waals surface area contributed by atoms with E-state index in [0.29, 0.717) is 11.4 Å². The average molecular weight is 361 g/mol. The molecule has 2 N–H and O–H groups in total. The van der Waals surface area contributed by atoms with Crippen LogP contribution in [0, 0.1) is 0 Å². The molecule has 0 fully saturated rings. The second-order valence-corrected chi connectivity index (χ2v) is 6.06. The Hall–Kier alpha value is -3.61. The van der Waals surface area contributed by atoms with Crippen LogP contribution in [0.25, 0.3) is 22.3 Å². The normalized spacial score (nSPS) is 10.9. The van der Waals surface area contributed by atoms with Crippen molar-refractivity contribution in [1.82, 2.24) is 19.7 Å². The smallest absolute Gasteiger partial charge is 0.256 e. The van der Waals surface area contributed by atoms with Gasteiger partial charge in [-0.1, -0.05) is 0 Å². The number of H-pyrrole nitrogens is 1. The summed E-state index contributed by atoms with van der Waals surface area (Å²) in [4.78, 5) is 16.2. The summed E-state index contributed by atoms with van der Waals surface area (Å²) in [6.45, 7) is 2.88. The van der Waals surface area contributed by atoms with Gasteiger partial charge in [-0.25, -0.2) is 0 Å². The van der Waals surface area contributed by atoms with E-state index in [-0.39, 0.29) is 5.91 Å². The molecule has 0 bridgehead atoms. The molecule has 0 saturated heterocycles. The van der Waals surface area contributed by atoms with Crippen molar-refractivity contribution in [1.29, 1.82) is 0 Å². The highest BCUT2D eigenvalue weighted by atomic mass is 16.5. The highest BCUT2D eigenvalue weighted by molar-refractivity contribution is 6.03. The number of rotatable bonds is 5. The van der Waals surface area contributed by atoms with E-state index in [9.17, 15) is 4.79 Å². The predicted octanol–water partition coefficient (Wildman–Crippen LogP) is 3.71. The fourth-order valence-corrected chi connectivity index (χ4v) is 3.13. The molecule has 1 amide bonds. The lowest BCUT2D eigenvalue weighted by Gasteiger charge is -2.07. The van der Waals surface area contributed by atoms with Gasteiger partial charge >= 0.3 is 0 Å². The minimum atomic E-state index is -0.226. The number of anilines is 1. The van der Waals surface area contributed by atoms with Crippen LogP contribution in [0.3, 0.4) is 0 Å². The first-order valence-corrected chi connectivity index (χ1v) is 8.64. The molecule has 0 saturated carbocycles. The first-order valence-electron chi connectivity index (χ1n) is 8.64. The number of hydrogen-bond acceptors (Lipinski definition) is 4. The first-order chi connectivity index (χ1) is 13.2. The van der Waals surface area contributed by atoms with Crippen molar-refractivity contribution in [3.05, 3.63) is 60.4 Å². The molecular weight excluding hydrogens is 342 g/mol. The van der Waals surface area contributed by atoms with E-state index in [2.05, 4.69) is 38.1 Å². The fraction of sp³-hybridized carbons (Fsp3) is 0.150. The third-order valence-corrected chi connectivity index (χ3v) is 4.47. The third-order valence-electron chi connectivity index (χ3n) is 4.47. The number of amides is 1. The zero-order chi connectivity index (χ0) is 18.8. The minimum Gasteiger partial charge on any atom is -0.497 e. The summed E-state index contributed by atoms with van der Waals surface area (Å²) < 4.78 is 7.52. The monoisotopic (exact) mass is 361 g/mol. The van der Waals surface area contributed by atoms with Crippen molar-refractivity contribution in [2.24, 2.45) is 0 Å². The Balaban J connectivity index is 1.66. The number of hydrogen-bond donors (Lipinski definition) is 2. The summed E-state index contributed by atoms with van der Waals surface area (Å²) in [5, 5.41) is 11.2. The van der Waals surface area contributed by atoms with Gasteiger partial charge in [-0.15, -0.1) is 0 Å². The molecule has 136 valence electrons. The first kappa shape index (κ1) is 16.8. The molecule has 0 aliphatic rings. The average Bonchev–Trinajstić information content (AvgIpc) is 3.31. The Labute approximate surface area is 156 Å². The van der Waals surface area contributed by atoms with Crippen LogP contribution in [0.4, 0.5) is 5.82 Å². The SMILES string of the molecule is CCn1c(-c2cc(NC(=O)c3ccncc3)n[nH]2)cc2ccc(OC)cc21. The van der Waals surface area contributed by atoms with E-state index in [4.69, 9.17) is 4.74 Å². The molecule has 27 heavy (non-hydrogen) atoms. The number of aryl methyl sites for hydroxylation is 1. The van der Waals surface area contributed by atoms with Gasteiger partial charge in [-0.2, -0.15) is 5.10 Å².